The zero-order chi connectivity index (χ0) is 7.56. The minimum atomic E-state index is -0.504. The Morgan fingerprint density at radius 1 is 1.50 bits per heavy atom. The largest absolute Gasteiger partial charge is 0.325 e. The fourth-order valence-electron chi connectivity index (χ4n) is 0.572. The van der Waals surface area contributed by atoms with Crippen molar-refractivity contribution in [3.8, 4) is 0 Å². The molecule has 52 valence electrons. The van der Waals surface area contributed by atoms with Crippen LogP contribution in [0, 0.1) is 0 Å². The summed E-state index contributed by atoms with van der Waals surface area (Å²) < 4.78 is 0. The molecule has 10 heavy (non-hydrogen) atoms. The first kappa shape index (κ1) is 6.54. The third-order valence-corrected chi connectivity index (χ3v) is 1.07. The van der Waals surface area contributed by atoms with Gasteiger partial charge in [0.05, 0.1) is 5.56 Å². The van der Waals surface area contributed by atoms with Crippen LogP contribution in [0.1, 0.15) is 5.56 Å². The van der Waals surface area contributed by atoms with Crippen LogP contribution in [0.2, 0.25) is 0 Å². The van der Waals surface area contributed by atoms with Gasteiger partial charge in [0.25, 0.3) is 5.56 Å². The second kappa shape index (κ2) is 2.34. The Kier molecular flexibility index (Phi) is 1.53. The third-order valence-electron chi connectivity index (χ3n) is 1.07. The van der Waals surface area contributed by atoms with Crippen LogP contribution in [0.5, 0.6) is 0 Å². The molecule has 1 aromatic heterocycles. The van der Waals surface area contributed by atoms with Gasteiger partial charge in [-0.1, -0.05) is 12.7 Å². The van der Waals surface area contributed by atoms with Gasteiger partial charge in [-0.25, -0.2) is 4.79 Å². The lowest BCUT2D eigenvalue weighted by Crippen LogP contribution is -2.22. The number of aromatic nitrogens is 2. The molecule has 0 unspecified atom stereocenters. The molecule has 0 fully saturated rings. The Morgan fingerprint density at radius 2 is 2.20 bits per heavy atom. The van der Waals surface area contributed by atoms with Crippen LogP contribution >= 0.6 is 0 Å². The summed E-state index contributed by atoms with van der Waals surface area (Å²) in [5, 5.41) is 0. The standard InChI is InChI=1S/C6H6N2O2/c1-2-4-3-7-6(10)8-5(4)9/h2-3H,1H2,(H2,7,8,9,10). The monoisotopic (exact) mass is 138 g/mol. The van der Waals surface area contributed by atoms with Crippen LogP contribution in [0.15, 0.2) is 22.4 Å². The van der Waals surface area contributed by atoms with Crippen LogP contribution in [0.25, 0.3) is 6.08 Å². The Bertz CT molecular complexity index is 347. The molecule has 4 nitrogen and oxygen atoms in total. The van der Waals surface area contributed by atoms with E-state index in [2.05, 4.69) is 16.5 Å². The predicted octanol–water partition coefficient (Wildman–Crippen LogP) is -0.294. The molecule has 0 atom stereocenters. The van der Waals surface area contributed by atoms with E-state index in [4.69, 9.17) is 0 Å². The predicted molar refractivity (Wildman–Crippen MR) is 37.8 cm³/mol. The fraction of sp³-hybridized carbons (Fsp3) is 0. The van der Waals surface area contributed by atoms with Crippen molar-refractivity contribution in [3.05, 3.63) is 39.2 Å². The van der Waals surface area contributed by atoms with E-state index in [1.807, 2.05) is 0 Å². The third kappa shape index (κ3) is 1.05. The summed E-state index contributed by atoms with van der Waals surface area (Å²) in [7, 11) is 0. The van der Waals surface area contributed by atoms with Crippen molar-refractivity contribution in [3.63, 3.8) is 0 Å². The molecular weight excluding hydrogens is 132 g/mol. The van der Waals surface area contributed by atoms with Crippen molar-refractivity contribution in [1.29, 1.82) is 0 Å². The van der Waals surface area contributed by atoms with Gasteiger partial charge in [0.15, 0.2) is 0 Å². The molecule has 1 heterocycles. The first-order valence-electron chi connectivity index (χ1n) is 2.68. The lowest BCUT2D eigenvalue weighted by Gasteiger charge is -1.86. The lowest BCUT2D eigenvalue weighted by atomic mass is 10.3. The maximum atomic E-state index is 10.7. The van der Waals surface area contributed by atoms with Gasteiger partial charge in [-0.3, -0.25) is 9.78 Å². The van der Waals surface area contributed by atoms with Crippen molar-refractivity contribution in [1.82, 2.24) is 9.97 Å². The van der Waals surface area contributed by atoms with Gasteiger partial charge in [0.1, 0.15) is 0 Å². The topological polar surface area (TPSA) is 65.7 Å². The van der Waals surface area contributed by atoms with Gasteiger partial charge < -0.3 is 4.98 Å². The van der Waals surface area contributed by atoms with Gasteiger partial charge in [-0.05, 0) is 0 Å². The van der Waals surface area contributed by atoms with Crippen molar-refractivity contribution in [2.24, 2.45) is 0 Å². The van der Waals surface area contributed by atoms with E-state index in [1.54, 1.807) is 0 Å². The van der Waals surface area contributed by atoms with E-state index in [0.717, 1.165) is 0 Å². The zero-order valence-corrected chi connectivity index (χ0v) is 5.18. The molecule has 0 saturated carbocycles. The summed E-state index contributed by atoms with van der Waals surface area (Å²) >= 11 is 0. The van der Waals surface area contributed by atoms with Crippen molar-refractivity contribution >= 4 is 6.08 Å². The molecule has 1 aromatic rings. The Hall–Kier alpha value is -1.58. The number of aromatic amines is 2. The molecule has 0 bridgehead atoms. The van der Waals surface area contributed by atoms with Crippen LogP contribution in [-0.4, -0.2) is 9.97 Å². The van der Waals surface area contributed by atoms with Crippen LogP contribution in [0.4, 0.5) is 0 Å². The highest BCUT2D eigenvalue weighted by molar-refractivity contribution is 5.42. The Labute approximate surface area is 56.2 Å². The lowest BCUT2D eigenvalue weighted by molar-refractivity contribution is 1.03. The molecule has 0 saturated heterocycles. The first-order valence-corrected chi connectivity index (χ1v) is 2.68. The van der Waals surface area contributed by atoms with Gasteiger partial charge >= 0.3 is 5.69 Å². The first-order chi connectivity index (χ1) is 4.74. The molecule has 0 aliphatic carbocycles. The summed E-state index contributed by atoms with van der Waals surface area (Å²) in [6.07, 6.45) is 2.68. The molecule has 0 spiro atoms. The molecule has 0 radical (unpaired) electrons. The molecule has 0 aliphatic rings. The summed E-state index contributed by atoms with van der Waals surface area (Å²) in [5.74, 6) is 0. The molecule has 4 heteroatoms. The molecule has 1 rings (SSSR count). The summed E-state index contributed by atoms with van der Waals surface area (Å²) in [4.78, 5) is 25.5. The quantitative estimate of drug-likeness (QED) is 0.559. The minimum absolute atomic E-state index is 0.361. The van der Waals surface area contributed by atoms with E-state index in [-0.39, 0.29) is 0 Å². The summed E-state index contributed by atoms with van der Waals surface area (Å²) in [5.41, 5.74) is -0.561. The minimum Gasteiger partial charge on any atom is -0.314 e. The van der Waals surface area contributed by atoms with Crippen molar-refractivity contribution in [2.75, 3.05) is 0 Å². The van der Waals surface area contributed by atoms with E-state index >= 15 is 0 Å². The van der Waals surface area contributed by atoms with E-state index in [9.17, 15) is 9.59 Å². The average Bonchev–Trinajstić information content (AvgIpc) is 1.88. The SMILES string of the molecule is C=Cc1c[nH]c(=O)[nH]c1=O. The Morgan fingerprint density at radius 3 is 2.70 bits per heavy atom. The normalized spacial score (nSPS) is 9.20. The second-order valence-corrected chi connectivity index (χ2v) is 1.73. The highest BCUT2D eigenvalue weighted by Crippen LogP contribution is 1.82. The van der Waals surface area contributed by atoms with E-state index in [0.29, 0.717) is 5.56 Å². The molecule has 2 N–H and O–H groups in total. The second-order valence-electron chi connectivity index (χ2n) is 1.73. The van der Waals surface area contributed by atoms with Gasteiger partial charge in [0, 0.05) is 6.20 Å². The van der Waals surface area contributed by atoms with E-state index < -0.39 is 11.2 Å². The molecule has 0 aliphatic heterocycles. The van der Waals surface area contributed by atoms with Gasteiger partial charge in [0.2, 0.25) is 0 Å². The maximum absolute atomic E-state index is 10.7. The van der Waals surface area contributed by atoms with Crippen LogP contribution in [-0.2, 0) is 0 Å². The summed E-state index contributed by atoms with van der Waals surface area (Å²) in [6, 6.07) is 0. The number of hydrogen-bond donors (Lipinski definition) is 2. The van der Waals surface area contributed by atoms with Crippen molar-refractivity contribution < 1.29 is 0 Å². The highest BCUT2D eigenvalue weighted by Gasteiger charge is 1.91. The van der Waals surface area contributed by atoms with Crippen molar-refractivity contribution in [2.45, 2.75) is 0 Å². The number of nitrogens with one attached hydrogen (secondary N) is 2. The average molecular weight is 138 g/mol. The molecule has 0 amide bonds. The fourth-order valence-corrected chi connectivity index (χ4v) is 0.572. The van der Waals surface area contributed by atoms with E-state index in [1.165, 1.54) is 12.3 Å². The zero-order valence-electron chi connectivity index (χ0n) is 5.18. The molecular formula is C6H6N2O2. The highest BCUT2D eigenvalue weighted by atomic mass is 16.2. The van der Waals surface area contributed by atoms with Gasteiger partial charge in [-0.15, -0.1) is 0 Å². The Balaban J connectivity index is 3.48. The number of hydrogen-bond acceptors (Lipinski definition) is 2. The molecule has 0 aromatic carbocycles. The maximum Gasteiger partial charge on any atom is 0.325 e. The smallest absolute Gasteiger partial charge is 0.314 e. The number of H-pyrrole nitrogens is 2. The van der Waals surface area contributed by atoms with Crippen LogP contribution < -0.4 is 11.2 Å². The number of rotatable bonds is 1. The van der Waals surface area contributed by atoms with Gasteiger partial charge in [-0.2, -0.15) is 0 Å². The van der Waals surface area contributed by atoms with Crippen LogP contribution in [0.3, 0.4) is 0 Å². The summed E-state index contributed by atoms with van der Waals surface area (Å²) in [6.45, 7) is 3.38.